The molecule has 0 aliphatic rings. The van der Waals surface area contributed by atoms with Gasteiger partial charge in [-0.2, -0.15) is 0 Å². The van der Waals surface area contributed by atoms with Crippen molar-refractivity contribution in [2.24, 2.45) is 5.73 Å². The normalized spacial score (nSPS) is 12.1. The summed E-state index contributed by atoms with van der Waals surface area (Å²) in [5.41, 5.74) is 7.39. The molecule has 1 unspecified atom stereocenters. The highest BCUT2D eigenvalue weighted by Crippen LogP contribution is 2.14. The quantitative estimate of drug-likeness (QED) is 0.820. The van der Waals surface area contributed by atoms with Crippen molar-refractivity contribution in [2.45, 2.75) is 25.8 Å². The average molecular weight is 288 g/mol. The topological polar surface area (TPSA) is 80.9 Å². The third kappa shape index (κ3) is 3.08. The number of carbonyl (C=O) groups is 1. The maximum Gasteiger partial charge on any atom is 0.254 e. The van der Waals surface area contributed by atoms with Crippen LogP contribution in [0.3, 0.4) is 0 Å². The Balaban J connectivity index is 2.29. The van der Waals surface area contributed by atoms with Crippen LogP contribution in [-0.4, -0.2) is 26.9 Å². The summed E-state index contributed by atoms with van der Waals surface area (Å²) in [5, 5.41) is 2.85. The fourth-order valence-corrected chi connectivity index (χ4v) is 2.16. The van der Waals surface area contributed by atoms with Gasteiger partial charge in [-0.3, -0.25) is 14.8 Å². The van der Waals surface area contributed by atoms with Crippen LogP contribution in [0.1, 0.15) is 30.1 Å². The molecule has 6 heteroatoms. The van der Waals surface area contributed by atoms with Gasteiger partial charge in [0.25, 0.3) is 5.91 Å². The highest BCUT2D eigenvalue weighted by atomic mass is 32.1. The van der Waals surface area contributed by atoms with Crippen molar-refractivity contribution in [3.63, 3.8) is 0 Å². The number of hydrogen-bond donors (Lipinski definition) is 2. The van der Waals surface area contributed by atoms with Gasteiger partial charge >= 0.3 is 0 Å². The Morgan fingerprint density at radius 3 is 2.85 bits per heavy atom. The number of nitrogens with zero attached hydrogens (tertiary/aromatic N) is 2. The second-order valence-corrected chi connectivity index (χ2v) is 4.92. The van der Waals surface area contributed by atoms with Crippen molar-refractivity contribution < 1.29 is 4.79 Å². The van der Waals surface area contributed by atoms with Crippen LogP contribution in [0.2, 0.25) is 0 Å². The molecular weight excluding hydrogens is 272 g/mol. The van der Waals surface area contributed by atoms with E-state index in [4.69, 9.17) is 18.0 Å². The molecular formula is C14H16N4OS. The van der Waals surface area contributed by atoms with Gasteiger partial charge in [0.1, 0.15) is 5.52 Å². The smallest absolute Gasteiger partial charge is 0.254 e. The molecule has 0 saturated heterocycles. The molecule has 0 bridgehead atoms. The number of nitrogens with one attached hydrogen (secondary N) is 1. The maximum atomic E-state index is 12.4. The van der Waals surface area contributed by atoms with E-state index in [0.717, 1.165) is 12.8 Å². The molecule has 0 aliphatic heterocycles. The van der Waals surface area contributed by atoms with Gasteiger partial charge in [-0.25, -0.2) is 0 Å². The summed E-state index contributed by atoms with van der Waals surface area (Å²) in [5.74, 6) is -0.234. The predicted molar refractivity (Wildman–Crippen MR) is 82.5 cm³/mol. The van der Waals surface area contributed by atoms with Crippen LogP contribution >= 0.6 is 12.2 Å². The van der Waals surface area contributed by atoms with Crippen LogP contribution in [0, 0.1) is 0 Å². The lowest BCUT2D eigenvalue weighted by molar-refractivity contribution is 0.0947. The average Bonchev–Trinajstić information content (AvgIpc) is 2.46. The first-order valence-electron chi connectivity index (χ1n) is 6.43. The predicted octanol–water partition coefficient (Wildman–Crippen LogP) is 1.81. The minimum Gasteiger partial charge on any atom is -0.392 e. The maximum absolute atomic E-state index is 12.4. The van der Waals surface area contributed by atoms with Crippen LogP contribution in [-0.2, 0) is 0 Å². The monoisotopic (exact) mass is 288 g/mol. The Morgan fingerprint density at radius 2 is 2.15 bits per heavy atom. The standard InChI is InChI=1S/C14H16N4OS/c1-2-4-11(13(15)20)18-14(19)9-5-3-6-10-12(9)17-8-7-16-10/h3,5-8,11H,2,4H2,1H3,(H2,15,20)(H,18,19). The van der Waals surface area contributed by atoms with Gasteiger partial charge in [-0.15, -0.1) is 0 Å². The van der Waals surface area contributed by atoms with Gasteiger partial charge < -0.3 is 11.1 Å². The van der Waals surface area contributed by atoms with Crippen molar-refractivity contribution >= 4 is 34.1 Å². The molecule has 2 aromatic rings. The first-order chi connectivity index (χ1) is 9.63. The highest BCUT2D eigenvalue weighted by molar-refractivity contribution is 7.80. The molecule has 1 aromatic carbocycles. The van der Waals surface area contributed by atoms with E-state index < -0.39 is 0 Å². The molecule has 1 amide bonds. The van der Waals surface area contributed by atoms with E-state index in [1.807, 2.05) is 13.0 Å². The van der Waals surface area contributed by atoms with Crippen LogP contribution in [0.15, 0.2) is 30.6 Å². The minimum atomic E-state index is -0.297. The third-order valence-electron chi connectivity index (χ3n) is 2.97. The number of hydrogen-bond acceptors (Lipinski definition) is 4. The van der Waals surface area contributed by atoms with Crippen LogP contribution in [0.25, 0.3) is 11.0 Å². The molecule has 0 spiro atoms. The van der Waals surface area contributed by atoms with E-state index in [9.17, 15) is 4.79 Å². The number of rotatable bonds is 5. The number of carbonyl (C=O) groups excluding carboxylic acids is 1. The van der Waals surface area contributed by atoms with Gasteiger partial charge in [-0.05, 0) is 18.6 Å². The summed E-state index contributed by atoms with van der Waals surface area (Å²) < 4.78 is 0. The van der Waals surface area contributed by atoms with Crippen molar-refractivity contribution in [1.82, 2.24) is 15.3 Å². The Kier molecular flexibility index (Phi) is 4.57. The number of amides is 1. The van der Waals surface area contributed by atoms with Crippen LogP contribution in [0.4, 0.5) is 0 Å². The van der Waals surface area contributed by atoms with Gasteiger partial charge in [0.05, 0.1) is 22.1 Å². The zero-order chi connectivity index (χ0) is 14.5. The number of fused-ring (bicyclic) bond motifs is 1. The zero-order valence-corrected chi connectivity index (χ0v) is 12.0. The molecule has 3 N–H and O–H groups in total. The van der Waals surface area contributed by atoms with Crippen molar-refractivity contribution in [2.75, 3.05) is 0 Å². The van der Waals surface area contributed by atoms with Crippen molar-refractivity contribution in [1.29, 1.82) is 0 Å². The van der Waals surface area contributed by atoms with E-state index in [0.29, 0.717) is 21.6 Å². The fraction of sp³-hybridized carbons (Fsp3) is 0.286. The first-order valence-corrected chi connectivity index (χ1v) is 6.84. The van der Waals surface area contributed by atoms with Crippen molar-refractivity contribution in [3.8, 4) is 0 Å². The SMILES string of the molecule is CCCC(NC(=O)c1cccc2nccnc12)C(N)=S. The lowest BCUT2D eigenvalue weighted by atomic mass is 10.1. The molecule has 2 rings (SSSR count). The van der Waals surface area contributed by atoms with E-state index in [1.54, 1.807) is 24.5 Å². The summed E-state index contributed by atoms with van der Waals surface area (Å²) in [6, 6.07) is 5.02. The summed E-state index contributed by atoms with van der Waals surface area (Å²) in [6.07, 6.45) is 4.77. The number of para-hydroxylation sites is 1. The Labute approximate surface area is 122 Å². The van der Waals surface area contributed by atoms with Crippen molar-refractivity contribution in [3.05, 3.63) is 36.2 Å². The molecule has 5 nitrogen and oxygen atoms in total. The second-order valence-electron chi connectivity index (χ2n) is 4.45. The van der Waals surface area contributed by atoms with Crippen LogP contribution < -0.4 is 11.1 Å². The number of aromatic nitrogens is 2. The van der Waals surface area contributed by atoms with E-state index in [2.05, 4.69) is 15.3 Å². The molecule has 20 heavy (non-hydrogen) atoms. The first kappa shape index (κ1) is 14.3. The lowest BCUT2D eigenvalue weighted by Gasteiger charge is -2.16. The largest absolute Gasteiger partial charge is 0.392 e. The Hall–Kier alpha value is -2.08. The molecule has 1 aromatic heterocycles. The Morgan fingerprint density at radius 1 is 1.40 bits per heavy atom. The summed E-state index contributed by atoms with van der Waals surface area (Å²) >= 11 is 4.98. The van der Waals surface area contributed by atoms with Gasteiger partial charge in [0.2, 0.25) is 0 Å². The third-order valence-corrected chi connectivity index (χ3v) is 3.25. The summed E-state index contributed by atoms with van der Waals surface area (Å²) in [6.45, 7) is 2.01. The number of thiocarbonyl (C=S) groups is 1. The lowest BCUT2D eigenvalue weighted by Crippen LogP contribution is -2.43. The Bertz CT molecular complexity index is 639. The number of nitrogens with two attached hydrogens (primary N) is 1. The minimum absolute atomic E-state index is 0.234. The molecule has 1 atom stereocenters. The van der Waals surface area contributed by atoms with Crippen LogP contribution in [0.5, 0.6) is 0 Å². The summed E-state index contributed by atoms with van der Waals surface area (Å²) in [4.78, 5) is 21.0. The van der Waals surface area contributed by atoms with E-state index in [-0.39, 0.29) is 11.9 Å². The molecule has 0 aliphatic carbocycles. The number of benzene rings is 1. The van der Waals surface area contributed by atoms with E-state index in [1.165, 1.54) is 0 Å². The molecule has 104 valence electrons. The molecule has 0 saturated carbocycles. The van der Waals surface area contributed by atoms with Gasteiger partial charge in [0.15, 0.2) is 0 Å². The highest BCUT2D eigenvalue weighted by Gasteiger charge is 2.17. The summed E-state index contributed by atoms with van der Waals surface area (Å²) in [7, 11) is 0. The second kappa shape index (κ2) is 6.38. The zero-order valence-electron chi connectivity index (χ0n) is 11.2. The van der Waals surface area contributed by atoms with E-state index >= 15 is 0 Å². The molecule has 1 heterocycles. The van der Waals surface area contributed by atoms with Gasteiger partial charge in [-0.1, -0.05) is 31.6 Å². The van der Waals surface area contributed by atoms with Gasteiger partial charge in [0, 0.05) is 12.4 Å². The fourth-order valence-electron chi connectivity index (χ4n) is 1.99. The molecule has 0 fully saturated rings. The molecule has 0 radical (unpaired) electrons.